The molecule has 2 saturated carbocycles. The quantitative estimate of drug-likeness (QED) is 0.671. The number of hydrogen-bond acceptors (Lipinski definition) is 2. The first-order valence-corrected chi connectivity index (χ1v) is 4.40. The molecule has 12 heavy (non-hydrogen) atoms. The van der Waals surface area contributed by atoms with E-state index in [9.17, 15) is 9.59 Å². The Labute approximate surface area is 70.8 Å². The molecule has 0 heterocycles. The third-order valence-corrected chi connectivity index (χ3v) is 3.54. The standard InChI is InChI=1S/C9H12O3/c1-2-9(8(11)12)5-3-4-6(10)7(5)9/h5,7H,2-4H2,1H3,(H,11,12). The van der Waals surface area contributed by atoms with Gasteiger partial charge in [-0.3, -0.25) is 9.59 Å². The molecular formula is C9H12O3. The van der Waals surface area contributed by atoms with Gasteiger partial charge < -0.3 is 5.11 Å². The SMILES string of the molecule is CCC1(C(=O)O)C2CCC(=O)C21. The van der Waals surface area contributed by atoms with Gasteiger partial charge >= 0.3 is 5.97 Å². The zero-order valence-electron chi connectivity index (χ0n) is 7.04. The maximum absolute atomic E-state index is 11.2. The molecule has 66 valence electrons. The van der Waals surface area contributed by atoms with Crippen molar-refractivity contribution < 1.29 is 14.7 Å². The monoisotopic (exact) mass is 168 g/mol. The van der Waals surface area contributed by atoms with Crippen molar-refractivity contribution in [3.05, 3.63) is 0 Å². The number of Topliss-reactive ketones (excluding diaryl/α,β-unsaturated/α-hetero) is 1. The van der Waals surface area contributed by atoms with Gasteiger partial charge in [0.25, 0.3) is 0 Å². The molecule has 3 atom stereocenters. The average molecular weight is 168 g/mol. The molecule has 0 amide bonds. The van der Waals surface area contributed by atoms with Crippen molar-refractivity contribution in [1.29, 1.82) is 0 Å². The molecule has 0 aromatic rings. The minimum Gasteiger partial charge on any atom is -0.481 e. The van der Waals surface area contributed by atoms with Crippen molar-refractivity contribution in [2.45, 2.75) is 26.2 Å². The van der Waals surface area contributed by atoms with Gasteiger partial charge in [0.05, 0.1) is 5.41 Å². The fraction of sp³-hybridized carbons (Fsp3) is 0.778. The normalized spacial score (nSPS) is 44.2. The number of fused-ring (bicyclic) bond motifs is 1. The molecule has 0 aromatic carbocycles. The van der Waals surface area contributed by atoms with Crippen LogP contribution in [0.2, 0.25) is 0 Å². The van der Waals surface area contributed by atoms with Crippen LogP contribution in [-0.4, -0.2) is 16.9 Å². The highest BCUT2D eigenvalue weighted by atomic mass is 16.4. The topological polar surface area (TPSA) is 54.4 Å². The second-order valence-electron chi connectivity index (χ2n) is 3.79. The maximum Gasteiger partial charge on any atom is 0.310 e. The number of ketones is 1. The molecule has 3 heteroatoms. The van der Waals surface area contributed by atoms with Gasteiger partial charge in [0.2, 0.25) is 0 Å². The summed E-state index contributed by atoms with van der Waals surface area (Å²) < 4.78 is 0. The van der Waals surface area contributed by atoms with Crippen LogP contribution in [0.15, 0.2) is 0 Å². The first-order chi connectivity index (χ1) is 5.64. The lowest BCUT2D eigenvalue weighted by Gasteiger charge is -2.11. The molecule has 3 unspecified atom stereocenters. The summed E-state index contributed by atoms with van der Waals surface area (Å²) in [6.07, 6.45) is 2.00. The summed E-state index contributed by atoms with van der Waals surface area (Å²) in [6, 6.07) is 0. The van der Waals surface area contributed by atoms with Crippen LogP contribution in [0.5, 0.6) is 0 Å². The lowest BCUT2D eigenvalue weighted by atomic mass is 9.92. The Morgan fingerprint density at radius 3 is 2.67 bits per heavy atom. The lowest BCUT2D eigenvalue weighted by Crippen LogP contribution is -2.22. The first kappa shape index (κ1) is 7.77. The molecule has 0 spiro atoms. The highest BCUT2D eigenvalue weighted by Gasteiger charge is 2.73. The molecule has 0 aliphatic heterocycles. The third-order valence-electron chi connectivity index (χ3n) is 3.54. The van der Waals surface area contributed by atoms with Crippen LogP contribution in [0.3, 0.4) is 0 Å². The van der Waals surface area contributed by atoms with Crippen molar-refractivity contribution in [2.24, 2.45) is 17.3 Å². The molecule has 0 radical (unpaired) electrons. The molecule has 3 nitrogen and oxygen atoms in total. The highest BCUT2D eigenvalue weighted by molar-refractivity contribution is 5.97. The summed E-state index contributed by atoms with van der Waals surface area (Å²) in [7, 11) is 0. The minimum atomic E-state index is -0.770. The zero-order valence-corrected chi connectivity index (χ0v) is 7.04. The van der Waals surface area contributed by atoms with Crippen LogP contribution in [0.4, 0.5) is 0 Å². The predicted molar refractivity (Wildman–Crippen MR) is 41.6 cm³/mol. The van der Waals surface area contributed by atoms with E-state index in [4.69, 9.17) is 5.11 Å². The van der Waals surface area contributed by atoms with Crippen molar-refractivity contribution >= 4 is 11.8 Å². The molecule has 0 bridgehead atoms. The van der Waals surface area contributed by atoms with Crippen LogP contribution in [0, 0.1) is 17.3 Å². The van der Waals surface area contributed by atoms with E-state index in [-0.39, 0.29) is 17.6 Å². The molecule has 2 aliphatic rings. The number of carboxylic acids is 1. The summed E-state index contributed by atoms with van der Waals surface area (Å²) >= 11 is 0. The number of carbonyl (C=O) groups excluding carboxylic acids is 1. The largest absolute Gasteiger partial charge is 0.481 e. The van der Waals surface area contributed by atoms with Gasteiger partial charge in [-0.1, -0.05) is 6.92 Å². The van der Waals surface area contributed by atoms with E-state index in [0.29, 0.717) is 12.8 Å². The molecule has 2 aliphatic carbocycles. The van der Waals surface area contributed by atoms with Crippen molar-refractivity contribution in [3.8, 4) is 0 Å². The van der Waals surface area contributed by atoms with E-state index in [2.05, 4.69) is 0 Å². The predicted octanol–water partition coefficient (Wildman–Crippen LogP) is 1.08. The van der Waals surface area contributed by atoms with E-state index in [1.165, 1.54) is 0 Å². The number of aliphatic carboxylic acids is 1. The van der Waals surface area contributed by atoms with E-state index in [0.717, 1.165) is 6.42 Å². The van der Waals surface area contributed by atoms with Crippen LogP contribution < -0.4 is 0 Å². The summed E-state index contributed by atoms with van der Waals surface area (Å²) in [4.78, 5) is 22.2. The Kier molecular flexibility index (Phi) is 1.35. The van der Waals surface area contributed by atoms with Gasteiger partial charge in [-0.15, -0.1) is 0 Å². The van der Waals surface area contributed by atoms with E-state index in [1.807, 2.05) is 6.92 Å². The minimum absolute atomic E-state index is 0.139. The Balaban J connectivity index is 2.27. The summed E-state index contributed by atoms with van der Waals surface area (Å²) in [5.41, 5.74) is -0.657. The highest BCUT2D eigenvalue weighted by Crippen LogP contribution is 2.67. The second-order valence-corrected chi connectivity index (χ2v) is 3.79. The second kappa shape index (κ2) is 2.09. The Hall–Kier alpha value is -0.860. The van der Waals surface area contributed by atoms with Crippen molar-refractivity contribution in [3.63, 3.8) is 0 Å². The van der Waals surface area contributed by atoms with Gasteiger partial charge in [-0.25, -0.2) is 0 Å². The smallest absolute Gasteiger partial charge is 0.310 e. The Morgan fingerprint density at radius 1 is 1.75 bits per heavy atom. The van der Waals surface area contributed by atoms with Crippen molar-refractivity contribution in [2.75, 3.05) is 0 Å². The van der Waals surface area contributed by atoms with E-state index >= 15 is 0 Å². The summed E-state index contributed by atoms with van der Waals surface area (Å²) in [5, 5.41) is 8.98. The third kappa shape index (κ3) is 0.625. The van der Waals surface area contributed by atoms with Crippen LogP contribution in [0.25, 0.3) is 0 Å². The Morgan fingerprint density at radius 2 is 2.42 bits per heavy atom. The first-order valence-electron chi connectivity index (χ1n) is 4.40. The van der Waals surface area contributed by atoms with E-state index < -0.39 is 11.4 Å². The number of carbonyl (C=O) groups is 2. The van der Waals surface area contributed by atoms with E-state index in [1.54, 1.807) is 0 Å². The van der Waals surface area contributed by atoms with Gasteiger partial charge in [0.15, 0.2) is 0 Å². The fourth-order valence-electron chi connectivity index (χ4n) is 2.83. The van der Waals surface area contributed by atoms with Gasteiger partial charge in [0, 0.05) is 12.3 Å². The average Bonchev–Trinajstić information content (AvgIpc) is 2.56. The van der Waals surface area contributed by atoms with Crippen molar-refractivity contribution in [1.82, 2.24) is 0 Å². The molecule has 0 saturated heterocycles. The molecule has 1 N–H and O–H groups in total. The van der Waals surface area contributed by atoms with Crippen LogP contribution in [0.1, 0.15) is 26.2 Å². The molecule has 2 fully saturated rings. The zero-order chi connectivity index (χ0) is 8.93. The van der Waals surface area contributed by atoms with Gasteiger partial charge in [-0.05, 0) is 18.8 Å². The number of carboxylic acid groups (broad SMARTS) is 1. The number of hydrogen-bond donors (Lipinski definition) is 1. The fourth-order valence-corrected chi connectivity index (χ4v) is 2.83. The maximum atomic E-state index is 11.2. The molecular weight excluding hydrogens is 156 g/mol. The van der Waals surface area contributed by atoms with Crippen LogP contribution >= 0.6 is 0 Å². The summed E-state index contributed by atoms with van der Waals surface area (Å²) in [5.74, 6) is -0.579. The van der Waals surface area contributed by atoms with Crippen LogP contribution in [-0.2, 0) is 9.59 Å². The molecule has 0 aromatic heterocycles. The van der Waals surface area contributed by atoms with Gasteiger partial charge in [0.1, 0.15) is 5.78 Å². The lowest BCUT2D eigenvalue weighted by molar-refractivity contribution is -0.146. The van der Waals surface area contributed by atoms with Gasteiger partial charge in [-0.2, -0.15) is 0 Å². The Bertz CT molecular complexity index is 258. The summed E-state index contributed by atoms with van der Waals surface area (Å²) in [6.45, 7) is 1.86. The molecule has 2 rings (SSSR count). The number of rotatable bonds is 2.